The first-order valence-corrected chi connectivity index (χ1v) is 5.93. The van der Waals surface area contributed by atoms with Gasteiger partial charge in [0.05, 0.1) is 11.9 Å². The zero-order valence-electron chi connectivity index (χ0n) is 8.56. The van der Waals surface area contributed by atoms with E-state index >= 15 is 0 Å². The van der Waals surface area contributed by atoms with E-state index in [4.69, 9.17) is 9.84 Å². The highest BCUT2D eigenvalue weighted by atomic mass is 32.2. The van der Waals surface area contributed by atoms with Crippen LogP contribution in [0.15, 0.2) is 0 Å². The summed E-state index contributed by atoms with van der Waals surface area (Å²) < 4.78 is 28.0. The van der Waals surface area contributed by atoms with E-state index in [2.05, 4.69) is 0 Å². The third kappa shape index (κ3) is 2.95. The number of sulfone groups is 1. The Labute approximate surface area is 84.0 Å². The molecule has 0 saturated heterocycles. The van der Waals surface area contributed by atoms with E-state index in [0.29, 0.717) is 0 Å². The van der Waals surface area contributed by atoms with Gasteiger partial charge < -0.3 is 9.84 Å². The highest BCUT2D eigenvalue weighted by Gasteiger charge is 2.35. The summed E-state index contributed by atoms with van der Waals surface area (Å²) in [4.78, 5) is 10.7. The number of rotatable bonds is 6. The molecule has 0 aliphatic heterocycles. The number of methoxy groups -OCH3 is 1. The third-order valence-corrected chi connectivity index (χ3v) is 4.59. The fraction of sp³-hybridized carbons (Fsp3) is 0.875. The van der Waals surface area contributed by atoms with Gasteiger partial charge in [-0.15, -0.1) is 0 Å². The number of hydrogen-bond donors (Lipinski definition) is 1. The maximum atomic E-state index is 11.6. The maximum absolute atomic E-state index is 11.6. The van der Waals surface area contributed by atoms with Gasteiger partial charge in [0.2, 0.25) is 0 Å². The Morgan fingerprint density at radius 2 is 2.00 bits per heavy atom. The highest BCUT2D eigenvalue weighted by Crippen LogP contribution is 2.13. The molecule has 0 fully saturated rings. The Kier molecular flexibility index (Phi) is 5.07. The van der Waals surface area contributed by atoms with Crippen molar-refractivity contribution in [1.29, 1.82) is 0 Å². The molecule has 6 heteroatoms. The number of carboxylic acid groups (broad SMARTS) is 1. The van der Waals surface area contributed by atoms with E-state index in [1.807, 2.05) is 0 Å². The topological polar surface area (TPSA) is 80.7 Å². The molecule has 0 aliphatic rings. The van der Waals surface area contributed by atoms with Crippen LogP contribution in [0.3, 0.4) is 0 Å². The van der Waals surface area contributed by atoms with Gasteiger partial charge in [0.1, 0.15) is 0 Å². The van der Waals surface area contributed by atoms with Crippen molar-refractivity contribution >= 4 is 15.8 Å². The largest absolute Gasteiger partial charge is 0.480 e. The fourth-order valence-corrected chi connectivity index (χ4v) is 2.79. The van der Waals surface area contributed by atoms with Gasteiger partial charge in [-0.2, -0.15) is 0 Å². The summed E-state index contributed by atoms with van der Waals surface area (Å²) >= 11 is 0. The first-order chi connectivity index (χ1) is 6.37. The molecule has 0 saturated carbocycles. The van der Waals surface area contributed by atoms with Crippen molar-refractivity contribution in [1.82, 2.24) is 0 Å². The molecule has 0 rings (SSSR count). The summed E-state index contributed by atoms with van der Waals surface area (Å²) in [7, 11) is -2.25. The molecule has 1 N–H and O–H groups in total. The molecule has 14 heavy (non-hydrogen) atoms. The Bertz CT molecular complexity index is 282. The molecule has 0 amide bonds. The molecule has 0 spiro atoms. The lowest BCUT2D eigenvalue weighted by molar-refractivity contribution is -0.136. The van der Waals surface area contributed by atoms with Crippen LogP contribution in [0.25, 0.3) is 0 Å². The van der Waals surface area contributed by atoms with Gasteiger partial charge in [-0.25, -0.2) is 8.42 Å². The van der Waals surface area contributed by atoms with Crippen LogP contribution in [0.4, 0.5) is 0 Å². The minimum absolute atomic E-state index is 0.0200. The lowest BCUT2D eigenvalue weighted by Gasteiger charge is -2.16. The van der Waals surface area contributed by atoms with E-state index in [9.17, 15) is 13.2 Å². The normalized spacial score (nSPS) is 16.2. The Morgan fingerprint density at radius 3 is 2.29 bits per heavy atom. The van der Waals surface area contributed by atoms with E-state index in [1.165, 1.54) is 21.0 Å². The summed E-state index contributed by atoms with van der Waals surface area (Å²) in [6, 6.07) is 0. The van der Waals surface area contributed by atoms with Crippen LogP contribution in [0.2, 0.25) is 0 Å². The first kappa shape index (κ1) is 13.4. The first-order valence-electron chi connectivity index (χ1n) is 4.32. The van der Waals surface area contributed by atoms with Gasteiger partial charge >= 0.3 is 5.97 Å². The molecule has 0 heterocycles. The molecule has 2 atom stereocenters. The van der Waals surface area contributed by atoms with E-state index in [0.717, 1.165) is 0 Å². The Hall–Kier alpha value is -0.620. The lowest BCUT2D eigenvalue weighted by Crippen LogP contribution is -2.37. The van der Waals surface area contributed by atoms with Crippen LogP contribution >= 0.6 is 0 Å². The fourth-order valence-electron chi connectivity index (χ4n) is 1.16. The zero-order chi connectivity index (χ0) is 11.4. The van der Waals surface area contributed by atoms with Crippen molar-refractivity contribution in [2.75, 3.05) is 13.7 Å². The molecular formula is C8H16O5S. The average molecular weight is 224 g/mol. The van der Waals surface area contributed by atoms with Crippen LogP contribution in [0.1, 0.15) is 20.3 Å². The second-order valence-electron chi connectivity index (χ2n) is 3.09. The Morgan fingerprint density at radius 1 is 1.50 bits per heavy atom. The van der Waals surface area contributed by atoms with Crippen molar-refractivity contribution in [2.45, 2.75) is 30.8 Å². The molecule has 0 aromatic heterocycles. The van der Waals surface area contributed by atoms with E-state index < -0.39 is 26.3 Å². The van der Waals surface area contributed by atoms with E-state index in [-0.39, 0.29) is 13.0 Å². The molecule has 5 nitrogen and oxygen atoms in total. The van der Waals surface area contributed by atoms with Crippen molar-refractivity contribution in [3.63, 3.8) is 0 Å². The van der Waals surface area contributed by atoms with Crippen molar-refractivity contribution in [3.05, 3.63) is 0 Å². The SMILES string of the molecule is CCC(C(=O)O)S(=O)(=O)C(C)COC. The van der Waals surface area contributed by atoms with Gasteiger partial charge in [0.15, 0.2) is 15.1 Å². The summed E-state index contributed by atoms with van der Waals surface area (Å²) in [6.45, 7) is 3.01. The van der Waals surface area contributed by atoms with Gasteiger partial charge in [-0.1, -0.05) is 6.92 Å². The molecular weight excluding hydrogens is 208 g/mol. The number of ether oxygens (including phenoxy) is 1. The molecule has 0 radical (unpaired) electrons. The van der Waals surface area contributed by atoms with Gasteiger partial charge in [-0.05, 0) is 13.3 Å². The second kappa shape index (κ2) is 5.31. The maximum Gasteiger partial charge on any atom is 0.321 e. The Balaban J connectivity index is 4.83. The van der Waals surface area contributed by atoms with Gasteiger partial charge in [-0.3, -0.25) is 4.79 Å². The van der Waals surface area contributed by atoms with Crippen LogP contribution < -0.4 is 0 Å². The van der Waals surface area contributed by atoms with Crippen LogP contribution in [-0.4, -0.2) is 43.7 Å². The highest BCUT2D eigenvalue weighted by molar-refractivity contribution is 7.93. The van der Waals surface area contributed by atoms with Gasteiger partial charge in [0, 0.05) is 7.11 Å². The molecule has 0 aromatic rings. The summed E-state index contributed by atoms with van der Waals surface area (Å²) in [5.74, 6) is -1.30. The summed E-state index contributed by atoms with van der Waals surface area (Å²) in [5, 5.41) is 6.60. The zero-order valence-corrected chi connectivity index (χ0v) is 9.37. The van der Waals surface area contributed by atoms with Gasteiger partial charge in [0.25, 0.3) is 0 Å². The number of hydrogen-bond acceptors (Lipinski definition) is 4. The minimum atomic E-state index is -3.64. The smallest absolute Gasteiger partial charge is 0.321 e. The summed E-state index contributed by atoms with van der Waals surface area (Å²) in [5.41, 5.74) is 0. The summed E-state index contributed by atoms with van der Waals surface area (Å²) in [6.07, 6.45) is 0.0751. The van der Waals surface area contributed by atoms with Crippen LogP contribution in [0.5, 0.6) is 0 Å². The molecule has 84 valence electrons. The quantitative estimate of drug-likeness (QED) is 0.701. The van der Waals surface area contributed by atoms with Crippen LogP contribution in [0, 0.1) is 0 Å². The number of carbonyl (C=O) groups is 1. The molecule has 2 unspecified atom stereocenters. The molecule has 0 aromatic carbocycles. The predicted octanol–water partition coefficient (Wildman–Crippen LogP) is 0.299. The average Bonchev–Trinajstić information content (AvgIpc) is 2.04. The minimum Gasteiger partial charge on any atom is -0.480 e. The van der Waals surface area contributed by atoms with E-state index in [1.54, 1.807) is 0 Å². The van der Waals surface area contributed by atoms with Crippen LogP contribution in [-0.2, 0) is 19.4 Å². The van der Waals surface area contributed by atoms with Crippen molar-refractivity contribution < 1.29 is 23.1 Å². The second-order valence-corrected chi connectivity index (χ2v) is 5.64. The van der Waals surface area contributed by atoms with Crippen molar-refractivity contribution in [3.8, 4) is 0 Å². The molecule has 0 bridgehead atoms. The number of carboxylic acids is 1. The third-order valence-electron chi connectivity index (χ3n) is 2.01. The molecule has 0 aliphatic carbocycles. The number of aliphatic carboxylic acids is 1. The predicted molar refractivity (Wildman–Crippen MR) is 52.0 cm³/mol. The monoisotopic (exact) mass is 224 g/mol. The van der Waals surface area contributed by atoms with Crippen molar-refractivity contribution in [2.24, 2.45) is 0 Å². The standard InChI is InChI=1S/C8H16O5S/c1-4-7(8(9)10)14(11,12)6(2)5-13-3/h6-7H,4-5H2,1-3H3,(H,9,10). The lowest BCUT2D eigenvalue weighted by atomic mass is 10.3.